The van der Waals surface area contributed by atoms with Crippen molar-refractivity contribution in [3.05, 3.63) is 41.8 Å². The lowest BCUT2D eigenvalue weighted by molar-refractivity contribution is -0.132. The van der Waals surface area contributed by atoms with Crippen LogP contribution in [0.4, 0.5) is 0 Å². The molecular weight excluding hydrogens is 328 g/mol. The van der Waals surface area contributed by atoms with E-state index in [2.05, 4.69) is 4.98 Å². The number of ether oxygens (including phenoxy) is 1. The van der Waals surface area contributed by atoms with Gasteiger partial charge in [-0.3, -0.25) is 9.00 Å². The van der Waals surface area contributed by atoms with Crippen LogP contribution < -0.4 is 0 Å². The zero-order valence-corrected chi connectivity index (χ0v) is 14.4. The minimum Gasteiger partial charge on any atom is -0.441 e. The molecule has 0 aliphatic carbocycles. The van der Waals surface area contributed by atoms with Crippen molar-refractivity contribution >= 4 is 16.7 Å². The van der Waals surface area contributed by atoms with Crippen LogP contribution in [0.15, 0.2) is 34.7 Å². The first-order valence-corrected chi connectivity index (χ1v) is 9.34. The Morgan fingerprint density at radius 3 is 2.67 bits per heavy atom. The number of carbonyl (C=O) groups is 1. The fraction of sp³-hybridized carbons (Fsp3) is 0.412. The number of hydrogen-bond donors (Lipinski definition) is 0. The van der Waals surface area contributed by atoms with E-state index in [0.29, 0.717) is 43.6 Å². The van der Waals surface area contributed by atoms with Crippen molar-refractivity contribution in [3.63, 3.8) is 0 Å². The summed E-state index contributed by atoms with van der Waals surface area (Å²) in [6, 6.07) is 9.57. The first-order valence-electron chi connectivity index (χ1n) is 7.85. The molecule has 1 fully saturated rings. The number of nitrogens with zero attached hydrogens (tertiary/aromatic N) is 2. The standard InChI is InChI=1S/C17H20N2O4S/c1-13-15(18-17(23-13)14-5-3-2-4-6-14)11-24(21)12-16(20)19-7-9-22-10-8-19/h2-6H,7-12H2,1H3/t24-/m0/s1. The second kappa shape index (κ2) is 7.72. The monoisotopic (exact) mass is 348 g/mol. The normalized spacial score (nSPS) is 16.1. The Kier molecular flexibility index (Phi) is 5.42. The quantitative estimate of drug-likeness (QED) is 0.823. The Morgan fingerprint density at radius 1 is 1.25 bits per heavy atom. The summed E-state index contributed by atoms with van der Waals surface area (Å²) < 4.78 is 23.2. The summed E-state index contributed by atoms with van der Waals surface area (Å²) in [5.41, 5.74) is 1.52. The highest BCUT2D eigenvalue weighted by atomic mass is 32.2. The zero-order valence-electron chi connectivity index (χ0n) is 13.6. The summed E-state index contributed by atoms with van der Waals surface area (Å²) in [7, 11) is -1.31. The van der Waals surface area contributed by atoms with E-state index in [-0.39, 0.29) is 17.4 Å². The number of morpholine rings is 1. The van der Waals surface area contributed by atoms with Crippen LogP contribution in [0.2, 0.25) is 0 Å². The molecule has 0 spiro atoms. The predicted molar refractivity (Wildman–Crippen MR) is 90.8 cm³/mol. The predicted octanol–water partition coefficient (Wildman–Crippen LogP) is 1.76. The number of hydrogen-bond acceptors (Lipinski definition) is 5. The minimum absolute atomic E-state index is 0.00691. The third-order valence-corrected chi connectivity index (χ3v) is 5.02. The van der Waals surface area contributed by atoms with E-state index < -0.39 is 10.8 Å². The molecule has 1 aromatic heterocycles. The number of amides is 1. The molecule has 2 aromatic rings. The topological polar surface area (TPSA) is 72.6 Å². The minimum atomic E-state index is -1.31. The van der Waals surface area contributed by atoms with Crippen molar-refractivity contribution in [2.45, 2.75) is 12.7 Å². The van der Waals surface area contributed by atoms with Crippen LogP contribution in [-0.2, 0) is 26.1 Å². The highest BCUT2D eigenvalue weighted by Gasteiger charge is 2.20. The second-order valence-corrected chi connectivity index (χ2v) is 7.07. The van der Waals surface area contributed by atoms with Gasteiger partial charge in [-0.25, -0.2) is 4.98 Å². The van der Waals surface area contributed by atoms with E-state index in [1.54, 1.807) is 11.8 Å². The van der Waals surface area contributed by atoms with Crippen molar-refractivity contribution in [2.24, 2.45) is 0 Å². The van der Waals surface area contributed by atoms with E-state index in [0.717, 1.165) is 5.56 Å². The van der Waals surface area contributed by atoms with Gasteiger partial charge < -0.3 is 14.1 Å². The third-order valence-electron chi connectivity index (χ3n) is 3.86. The van der Waals surface area contributed by atoms with E-state index in [1.807, 2.05) is 30.3 Å². The van der Waals surface area contributed by atoms with Gasteiger partial charge in [0.15, 0.2) is 0 Å². The summed E-state index contributed by atoms with van der Waals surface area (Å²) in [6.07, 6.45) is 0. The summed E-state index contributed by atoms with van der Waals surface area (Å²) in [6.45, 7) is 4.02. The first-order chi connectivity index (χ1) is 11.6. The molecule has 0 radical (unpaired) electrons. The van der Waals surface area contributed by atoms with Crippen molar-refractivity contribution in [3.8, 4) is 11.5 Å². The fourth-order valence-corrected chi connectivity index (χ4v) is 3.64. The molecule has 1 atom stereocenters. The third kappa shape index (κ3) is 4.10. The fourth-order valence-electron chi connectivity index (χ4n) is 2.51. The maximum Gasteiger partial charge on any atom is 0.235 e. The van der Waals surface area contributed by atoms with Gasteiger partial charge in [0.05, 0.1) is 24.7 Å². The maximum absolute atomic E-state index is 12.3. The molecule has 3 rings (SSSR count). The van der Waals surface area contributed by atoms with Crippen LogP contribution in [0.25, 0.3) is 11.5 Å². The van der Waals surface area contributed by atoms with Crippen LogP contribution in [0, 0.1) is 6.92 Å². The second-order valence-electron chi connectivity index (χ2n) is 5.61. The van der Waals surface area contributed by atoms with Crippen LogP contribution in [0.1, 0.15) is 11.5 Å². The molecule has 128 valence electrons. The Morgan fingerprint density at radius 2 is 1.96 bits per heavy atom. The first kappa shape index (κ1) is 16.9. The van der Waals surface area contributed by atoms with Gasteiger partial charge in [0, 0.05) is 29.5 Å². The maximum atomic E-state index is 12.3. The number of aromatic nitrogens is 1. The van der Waals surface area contributed by atoms with Gasteiger partial charge in [-0.1, -0.05) is 18.2 Å². The Labute approximate surface area is 143 Å². The summed E-state index contributed by atoms with van der Waals surface area (Å²) in [5.74, 6) is 1.28. The van der Waals surface area contributed by atoms with Gasteiger partial charge >= 0.3 is 0 Å². The highest BCUT2D eigenvalue weighted by molar-refractivity contribution is 7.84. The van der Waals surface area contributed by atoms with E-state index in [9.17, 15) is 9.00 Å². The number of benzene rings is 1. The summed E-state index contributed by atoms with van der Waals surface area (Å²) >= 11 is 0. The Bertz CT molecular complexity index is 723. The van der Waals surface area contributed by atoms with Gasteiger partial charge in [-0.2, -0.15) is 0 Å². The molecule has 1 aliphatic heterocycles. The van der Waals surface area contributed by atoms with E-state index in [4.69, 9.17) is 9.15 Å². The van der Waals surface area contributed by atoms with Gasteiger partial charge in [-0.05, 0) is 19.1 Å². The van der Waals surface area contributed by atoms with Crippen LogP contribution >= 0.6 is 0 Å². The van der Waals surface area contributed by atoms with E-state index in [1.165, 1.54) is 0 Å². The smallest absolute Gasteiger partial charge is 0.235 e. The lowest BCUT2D eigenvalue weighted by Gasteiger charge is -2.26. The molecule has 6 nitrogen and oxygen atoms in total. The lowest BCUT2D eigenvalue weighted by atomic mass is 10.2. The van der Waals surface area contributed by atoms with E-state index >= 15 is 0 Å². The van der Waals surface area contributed by atoms with Crippen LogP contribution in [-0.4, -0.2) is 52.1 Å². The average Bonchev–Trinajstić information content (AvgIpc) is 2.97. The summed E-state index contributed by atoms with van der Waals surface area (Å²) in [4.78, 5) is 18.3. The van der Waals surface area contributed by atoms with Gasteiger partial charge in [0.25, 0.3) is 0 Å². The number of aryl methyl sites for hydroxylation is 1. The molecule has 24 heavy (non-hydrogen) atoms. The Hall–Kier alpha value is -1.99. The molecule has 2 heterocycles. The number of oxazole rings is 1. The van der Waals surface area contributed by atoms with Crippen molar-refractivity contribution in [1.29, 1.82) is 0 Å². The van der Waals surface area contributed by atoms with Crippen LogP contribution in [0.5, 0.6) is 0 Å². The average molecular weight is 348 g/mol. The molecular formula is C17H20N2O4S. The summed E-state index contributed by atoms with van der Waals surface area (Å²) in [5, 5.41) is 0. The molecule has 1 amide bonds. The number of carbonyl (C=O) groups excluding carboxylic acids is 1. The molecule has 1 saturated heterocycles. The molecule has 0 saturated carbocycles. The van der Waals surface area contributed by atoms with Gasteiger partial charge in [0.1, 0.15) is 11.5 Å². The Balaban J connectivity index is 1.62. The van der Waals surface area contributed by atoms with Crippen molar-refractivity contribution in [2.75, 3.05) is 32.1 Å². The largest absolute Gasteiger partial charge is 0.441 e. The SMILES string of the molecule is Cc1oc(-c2ccccc2)nc1C[S@](=O)CC(=O)N1CCOCC1. The molecule has 1 aromatic carbocycles. The van der Waals surface area contributed by atoms with Gasteiger partial charge in [0.2, 0.25) is 11.8 Å². The van der Waals surface area contributed by atoms with Crippen molar-refractivity contribution in [1.82, 2.24) is 9.88 Å². The highest BCUT2D eigenvalue weighted by Crippen LogP contribution is 2.22. The zero-order chi connectivity index (χ0) is 16.9. The molecule has 0 bridgehead atoms. The number of rotatable bonds is 5. The van der Waals surface area contributed by atoms with Crippen LogP contribution in [0.3, 0.4) is 0 Å². The lowest BCUT2D eigenvalue weighted by Crippen LogP contribution is -2.42. The molecule has 0 N–H and O–H groups in total. The van der Waals surface area contributed by atoms with Crippen molar-refractivity contribution < 1.29 is 18.2 Å². The molecule has 0 unspecified atom stereocenters. The molecule has 1 aliphatic rings. The van der Waals surface area contributed by atoms with Gasteiger partial charge in [-0.15, -0.1) is 0 Å². The molecule has 7 heteroatoms.